The summed E-state index contributed by atoms with van der Waals surface area (Å²) in [4.78, 5) is 0. The molecule has 1 atom stereocenters. The van der Waals surface area contributed by atoms with Gasteiger partial charge in [0.05, 0.1) is 7.11 Å². The van der Waals surface area contributed by atoms with Crippen molar-refractivity contribution in [3.63, 3.8) is 0 Å². The number of hydrogen-bond acceptors (Lipinski definition) is 1. The summed E-state index contributed by atoms with van der Waals surface area (Å²) in [5.41, 5.74) is 1.36. The molecule has 0 aliphatic rings. The Bertz CT molecular complexity index is 298. The van der Waals surface area contributed by atoms with Crippen molar-refractivity contribution in [1.29, 1.82) is 0 Å². The van der Waals surface area contributed by atoms with Gasteiger partial charge in [-0.2, -0.15) is 0 Å². The van der Waals surface area contributed by atoms with Crippen LogP contribution in [0.3, 0.4) is 0 Å². The second-order valence-electron chi connectivity index (χ2n) is 3.87. The first-order valence-electron chi connectivity index (χ1n) is 5.55. The molecule has 0 saturated carbocycles. The highest BCUT2D eigenvalue weighted by Crippen LogP contribution is 2.15. The predicted octanol–water partition coefficient (Wildman–Crippen LogP) is 3.84. The largest absolute Gasteiger partial charge is 0.497 e. The first-order chi connectivity index (χ1) is 7.26. The van der Waals surface area contributed by atoms with E-state index < -0.39 is 0 Å². The Morgan fingerprint density at radius 1 is 1.27 bits per heavy atom. The van der Waals surface area contributed by atoms with Crippen molar-refractivity contribution in [2.45, 2.75) is 26.7 Å². The summed E-state index contributed by atoms with van der Waals surface area (Å²) >= 11 is 0. The summed E-state index contributed by atoms with van der Waals surface area (Å²) in [5.74, 6) is 1.54. The third kappa shape index (κ3) is 4.20. The number of ether oxygens (including phenoxy) is 1. The van der Waals surface area contributed by atoms with Crippen LogP contribution in [0.25, 0.3) is 0 Å². The topological polar surface area (TPSA) is 9.23 Å². The summed E-state index contributed by atoms with van der Waals surface area (Å²) < 4.78 is 5.13. The highest BCUT2D eigenvalue weighted by molar-refractivity contribution is 5.27. The Hall–Kier alpha value is -1.24. The summed E-state index contributed by atoms with van der Waals surface area (Å²) in [5, 5.41) is 0. The number of hydrogen-bond donors (Lipinski definition) is 0. The molecule has 0 saturated heterocycles. The van der Waals surface area contributed by atoms with Crippen molar-refractivity contribution >= 4 is 0 Å². The SMILES string of the molecule is CC/C=C/C(C)Cc1ccc(OC)cc1. The molecule has 82 valence electrons. The second kappa shape index (κ2) is 6.28. The second-order valence-corrected chi connectivity index (χ2v) is 3.87. The molecule has 0 amide bonds. The van der Waals surface area contributed by atoms with Gasteiger partial charge in [-0.25, -0.2) is 0 Å². The summed E-state index contributed by atoms with van der Waals surface area (Å²) in [6.07, 6.45) is 6.73. The van der Waals surface area contributed by atoms with E-state index in [9.17, 15) is 0 Å². The van der Waals surface area contributed by atoms with Gasteiger partial charge in [0, 0.05) is 0 Å². The average molecular weight is 204 g/mol. The average Bonchev–Trinajstić information content (AvgIpc) is 2.27. The quantitative estimate of drug-likeness (QED) is 0.662. The molecule has 0 spiro atoms. The lowest BCUT2D eigenvalue weighted by Crippen LogP contribution is -1.95. The molecule has 1 aromatic rings. The van der Waals surface area contributed by atoms with Gasteiger partial charge in [0.1, 0.15) is 5.75 Å². The molecule has 1 unspecified atom stereocenters. The standard InChI is InChI=1S/C14H20O/c1-4-5-6-12(2)11-13-7-9-14(15-3)10-8-13/h5-10,12H,4,11H2,1-3H3/b6-5+. The zero-order chi connectivity index (χ0) is 11.1. The first-order valence-corrected chi connectivity index (χ1v) is 5.55. The minimum atomic E-state index is 0.610. The van der Waals surface area contributed by atoms with Gasteiger partial charge in [-0.05, 0) is 36.5 Å². The fraction of sp³-hybridized carbons (Fsp3) is 0.429. The lowest BCUT2D eigenvalue weighted by molar-refractivity contribution is 0.414. The molecule has 1 aromatic carbocycles. The number of rotatable bonds is 5. The van der Waals surface area contributed by atoms with Crippen LogP contribution < -0.4 is 4.74 Å². The molecule has 0 N–H and O–H groups in total. The van der Waals surface area contributed by atoms with E-state index in [1.807, 2.05) is 12.1 Å². The van der Waals surface area contributed by atoms with Crippen molar-refractivity contribution in [2.24, 2.45) is 5.92 Å². The lowest BCUT2D eigenvalue weighted by atomic mass is 10.0. The fourth-order valence-electron chi connectivity index (χ4n) is 1.57. The molecule has 15 heavy (non-hydrogen) atoms. The van der Waals surface area contributed by atoms with Gasteiger partial charge in [0.2, 0.25) is 0 Å². The van der Waals surface area contributed by atoms with E-state index in [0.29, 0.717) is 5.92 Å². The number of benzene rings is 1. The van der Waals surface area contributed by atoms with Crippen molar-refractivity contribution in [2.75, 3.05) is 7.11 Å². The molecule has 1 heteroatoms. The van der Waals surface area contributed by atoms with E-state index in [1.165, 1.54) is 5.56 Å². The molecule has 0 fully saturated rings. The Morgan fingerprint density at radius 3 is 2.47 bits per heavy atom. The number of methoxy groups -OCH3 is 1. The summed E-state index contributed by atoms with van der Waals surface area (Å²) in [6.45, 7) is 4.41. The van der Waals surface area contributed by atoms with E-state index >= 15 is 0 Å². The summed E-state index contributed by atoms with van der Waals surface area (Å²) in [7, 11) is 1.70. The zero-order valence-corrected chi connectivity index (χ0v) is 9.86. The van der Waals surface area contributed by atoms with Crippen LogP contribution in [0, 0.1) is 5.92 Å². The van der Waals surface area contributed by atoms with Gasteiger partial charge in [0.25, 0.3) is 0 Å². The third-order valence-corrected chi connectivity index (χ3v) is 2.42. The highest BCUT2D eigenvalue weighted by Gasteiger charge is 1.99. The van der Waals surface area contributed by atoms with Crippen LogP contribution in [-0.4, -0.2) is 7.11 Å². The van der Waals surface area contributed by atoms with Crippen LogP contribution in [0.5, 0.6) is 5.75 Å². The number of allylic oxidation sites excluding steroid dienone is 2. The normalized spacial score (nSPS) is 13.0. The predicted molar refractivity (Wildman–Crippen MR) is 65.3 cm³/mol. The van der Waals surface area contributed by atoms with Crippen molar-refractivity contribution in [3.05, 3.63) is 42.0 Å². The first kappa shape index (κ1) is 11.8. The molecule has 0 bridgehead atoms. The Balaban J connectivity index is 2.53. The van der Waals surface area contributed by atoms with Gasteiger partial charge in [0.15, 0.2) is 0 Å². The van der Waals surface area contributed by atoms with Crippen LogP contribution in [0.4, 0.5) is 0 Å². The Kier molecular flexibility index (Phi) is 4.96. The van der Waals surface area contributed by atoms with Crippen LogP contribution in [-0.2, 0) is 6.42 Å². The van der Waals surface area contributed by atoms with Crippen molar-refractivity contribution in [1.82, 2.24) is 0 Å². The Morgan fingerprint density at radius 2 is 1.93 bits per heavy atom. The van der Waals surface area contributed by atoms with Gasteiger partial charge in [-0.15, -0.1) is 0 Å². The van der Waals surface area contributed by atoms with E-state index in [4.69, 9.17) is 4.74 Å². The molecule has 0 aliphatic heterocycles. The molecular weight excluding hydrogens is 184 g/mol. The Labute approximate surface area is 92.8 Å². The van der Waals surface area contributed by atoms with Gasteiger partial charge < -0.3 is 4.74 Å². The maximum Gasteiger partial charge on any atom is 0.118 e. The maximum absolute atomic E-state index is 5.13. The van der Waals surface area contributed by atoms with Crippen molar-refractivity contribution in [3.8, 4) is 5.75 Å². The lowest BCUT2D eigenvalue weighted by Gasteiger charge is -2.07. The van der Waals surface area contributed by atoms with Gasteiger partial charge in [-0.3, -0.25) is 0 Å². The molecule has 0 radical (unpaired) electrons. The van der Waals surface area contributed by atoms with E-state index in [2.05, 4.69) is 38.1 Å². The minimum absolute atomic E-state index is 0.610. The fourth-order valence-corrected chi connectivity index (χ4v) is 1.57. The van der Waals surface area contributed by atoms with Crippen LogP contribution in [0.1, 0.15) is 25.8 Å². The van der Waals surface area contributed by atoms with Crippen molar-refractivity contribution < 1.29 is 4.74 Å². The molecule has 1 nitrogen and oxygen atoms in total. The van der Waals surface area contributed by atoms with Crippen LogP contribution >= 0.6 is 0 Å². The highest BCUT2D eigenvalue weighted by atomic mass is 16.5. The van der Waals surface area contributed by atoms with Crippen LogP contribution in [0.2, 0.25) is 0 Å². The molecule has 0 heterocycles. The molecule has 0 aliphatic carbocycles. The zero-order valence-electron chi connectivity index (χ0n) is 9.86. The molecule has 1 rings (SSSR count). The summed E-state index contributed by atoms with van der Waals surface area (Å²) in [6, 6.07) is 8.31. The minimum Gasteiger partial charge on any atom is -0.497 e. The monoisotopic (exact) mass is 204 g/mol. The van der Waals surface area contributed by atoms with E-state index in [0.717, 1.165) is 18.6 Å². The van der Waals surface area contributed by atoms with Crippen LogP contribution in [0.15, 0.2) is 36.4 Å². The van der Waals surface area contributed by atoms with Gasteiger partial charge >= 0.3 is 0 Å². The van der Waals surface area contributed by atoms with E-state index in [-0.39, 0.29) is 0 Å². The van der Waals surface area contributed by atoms with Gasteiger partial charge in [-0.1, -0.05) is 38.1 Å². The smallest absolute Gasteiger partial charge is 0.118 e. The molecular formula is C14H20O. The third-order valence-electron chi connectivity index (χ3n) is 2.42. The molecule has 0 aromatic heterocycles. The maximum atomic E-state index is 5.13. The van der Waals surface area contributed by atoms with E-state index in [1.54, 1.807) is 7.11 Å².